The van der Waals surface area contributed by atoms with Crippen molar-refractivity contribution in [2.45, 2.75) is 46.4 Å². The summed E-state index contributed by atoms with van der Waals surface area (Å²) < 4.78 is 27.9. The van der Waals surface area contributed by atoms with E-state index in [2.05, 4.69) is 39.9 Å². The van der Waals surface area contributed by atoms with Gasteiger partial charge in [0.2, 0.25) is 0 Å². The molecule has 0 aliphatic rings. The molecule has 25 heavy (non-hydrogen) atoms. The van der Waals surface area contributed by atoms with E-state index in [4.69, 9.17) is 4.74 Å². The Balaban J connectivity index is 2.59. The number of rotatable bonds is 10. The standard InChI is InChI=1S/C18H31N3O3S/c1-5-19-18(21-15(3)11-12-25(4,22)23)20-13-16-7-9-17(10-8-16)14-24-6-2/h7-10,15H,5-6,11-14H2,1-4H3,(H2,19,20,21). The summed E-state index contributed by atoms with van der Waals surface area (Å²) in [5.74, 6) is 0.865. The van der Waals surface area contributed by atoms with E-state index in [1.165, 1.54) is 6.26 Å². The zero-order valence-electron chi connectivity index (χ0n) is 15.7. The molecule has 1 rings (SSSR count). The molecule has 2 N–H and O–H groups in total. The van der Waals surface area contributed by atoms with Crippen molar-refractivity contribution in [3.63, 3.8) is 0 Å². The van der Waals surface area contributed by atoms with Gasteiger partial charge in [0.1, 0.15) is 9.84 Å². The van der Waals surface area contributed by atoms with E-state index >= 15 is 0 Å². The molecule has 0 radical (unpaired) electrons. The van der Waals surface area contributed by atoms with Gasteiger partial charge in [-0.1, -0.05) is 24.3 Å². The fraction of sp³-hybridized carbons (Fsp3) is 0.611. The van der Waals surface area contributed by atoms with Crippen LogP contribution in [0.3, 0.4) is 0 Å². The van der Waals surface area contributed by atoms with Crippen LogP contribution < -0.4 is 10.6 Å². The highest BCUT2D eigenvalue weighted by Gasteiger charge is 2.09. The van der Waals surface area contributed by atoms with Crippen molar-refractivity contribution in [1.82, 2.24) is 10.6 Å². The number of hydrogen-bond acceptors (Lipinski definition) is 4. The third kappa shape index (κ3) is 10.1. The van der Waals surface area contributed by atoms with Crippen LogP contribution in [0.25, 0.3) is 0 Å². The van der Waals surface area contributed by atoms with Crippen molar-refractivity contribution in [2.24, 2.45) is 4.99 Å². The van der Waals surface area contributed by atoms with Crippen LogP contribution in [0.15, 0.2) is 29.3 Å². The van der Waals surface area contributed by atoms with Crippen LogP contribution in [0, 0.1) is 0 Å². The lowest BCUT2D eigenvalue weighted by Crippen LogP contribution is -2.42. The van der Waals surface area contributed by atoms with Crippen LogP contribution >= 0.6 is 0 Å². The maximum Gasteiger partial charge on any atom is 0.191 e. The lowest BCUT2D eigenvalue weighted by Gasteiger charge is -2.17. The van der Waals surface area contributed by atoms with Gasteiger partial charge in [0, 0.05) is 25.4 Å². The summed E-state index contributed by atoms with van der Waals surface area (Å²) in [7, 11) is -2.94. The summed E-state index contributed by atoms with van der Waals surface area (Å²) in [5.41, 5.74) is 2.26. The Morgan fingerprint density at radius 2 is 1.84 bits per heavy atom. The first-order valence-corrected chi connectivity index (χ1v) is 10.8. The second kappa shape index (κ2) is 11.1. The van der Waals surface area contributed by atoms with Crippen molar-refractivity contribution in [3.8, 4) is 0 Å². The lowest BCUT2D eigenvalue weighted by molar-refractivity contribution is 0.134. The molecule has 142 valence electrons. The molecule has 1 aromatic carbocycles. The summed E-state index contributed by atoms with van der Waals surface area (Å²) in [5, 5.41) is 6.44. The van der Waals surface area contributed by atoms with Gasteiger partial charge in [0.25, 0.3) is 0 Å². The maximum absolute atomic E-state index is 11.3. The van der Waals surface area contributed by atoms with E-state index in [0.29, 0.717) is 32.1 Å². The monoisotopic (exact) mass is 369 g/mol. The lowest BCUT2D eigenvalue weighted by atomic mass is 10.1. The third-order valence-electron chi connectivity index (χ3n) is 3.56. The molecule has 1 unspecified atom stereocenters. The van der Waals surface area contributed by atoms with Crippen LogP contribution in [0.4, 0.5) is 0 Å². The van der Waals surface area contributed by atoms with Crippen molar-refractivity contribution < 1.29 is 13.2 Å². The van der Waals surface area contributed by atoms with Crippen LogP contribution in [0.1, 0.15) is 38.3 Å². The van der Waals surface area contributed by atoms with Crippen LogP contribution in [0.2, 0.25) is 0 Å². The molecule has 0 saturated heterocycles. The fourth-order valence-corrected chi connectivity index (χ4v) is 2.93. The molecule has 0 spiro atoms. The molecule has 0 aromatic heterocycles. The predicted octanol–water partition coefficient (Wildman–Crippen LogP) is 2.10. The van der Waals surface area contributed by atoms with Crippen LogP contribution in [-0.2, 0) is 27.7 Å². The average molecular weight is 370 g/mol. The number of guanidine groups is 1. The topological polar surface area (TPSA) is 79.8 Å². The average Bonchev–Trinajstić information content (AvgIpc) is 2.56. The Morgan fingerprint density at radius 3 is 2.40 bits per heavy atom. The maximum atomic E-state index is 11.3. The summed E-state index contributed by atoms with van der Waals surface area (Å²) in [4.78, 5) is 4.57. The van der Waals surface area contributed by atoms with E-state index in [1.807, 2.05) is 20.8 Å². The van der Waals surface area contributed by atoms with Gasteiger partial charge in [-0.2, -0.15) is 0 Å². The highest BCUT2D eigenvalue weighted by molar-refractivity contribution is 7.90. The van der Waals surface area contributed by atoms with E-state index < -0.39 is 9.84 Å². The minimum absolute atomic E-state index is 0.0288. The number of hydrogen-bond donors (Lipinski definition) is 2. The first-order valence-electron chi connectivity index (χ1n) is 8.72. The predicted molar refractivity (Wildman–Crippen MR) is 104 cm³/mol. The van der Waals surface area contributed by atoms with Crippen molar-refractivity contribution >= 4 is 15.8 Å². The molecule has 0 amide bonds. The Bertz CT molecular complexity index is 627. The molecule has 0 aliphatic carbocycles. The summed E-state index contributed by atoms with van der Waals surface area (Å²) in [6, 6.07) is 8.23. The molecule has 0 saturated carbocycles. The second-order valence-corrected chi connectivity index (χ2v) is 8.37. The molecule has 6 nitrogen and oxygen atoms in total. The molecule has 1 atom stereocenters. The van der Waals surface area contributed by atoms with Gasteiger partial charge in [0.05, 0.1) is 18.9 Å². The third-order valence-corrected chi connectivity index (χ3v) is 4.54. The first kappa shape index (κ1) is 21.4. The molecule has 0 bridgehead atoms. The Labute approximate surface area is 152 Å². The Hall–Kier alpha value is -1.60. The van der Waals surface area contributed by atoms with E-state index in [9.17, 15) is 8.42 Å². The molecular formula is C18H31N3O3S. The Kier molecular flexibility index (Phi) is 9.52. The van der Waals surface area contributed by atoms with Gasteiger partial charge in [-0.3, -0.25) is 0 Å². The molecule has 0 heterocycles. The van der Waals surface area contributed by atoms with Crippen molar-refractivity contribution in [3.05, 3.63) is 35.4 Å². The first-order chi connectivity index (χ1) is 11.8. The highest BCUT2D eigenvalue weighted by atomic mass is 32.2. The van der Waals surface area contributed by atoms with E-state index in [-0.39, 0.29) is 11.8 Å². The Morgan fingerprint density at radius 1 is 1.20 bits per heavy atom. The minimum atomic E-state index is -2.94. The number of ether oxygens (including phenoxy) is 1. The second-order valence-electron chi connectivity index (χ2n) is 6.11. The van der Waals surface area contributed by atoms with Gasteiger partial charge >= 0.3 is 0 Å². The van der Waals surface area contributed by atoms with Gasteiger partial charge in [-0.05, 0) is 38.3 Å². The number of benzene rings is 1. The fourth-order valence-electron chi connectivity index (χ4n) is 2.15. The molecular weight excluding hydrogens is 338 g/mol. The van der Waals surface area contributed by atoms with Crippen LogP contribution in [-0.4, -0.2) is 45.6 Å². The largest absolute Gasteiger partial charge is 0.377 e. The summed E-state index contributed by atoms with van der Waals surface area (Å²) >= 11 is 0. The zero-order chi connectivity index (χ0) is 18.7. The van der Waals surface area contributed by atoms with E-state index in [0.717, 1.165) is 17.7 Å². The number of aliphatic imine (C=N–C) groups is 1. The van der Waals surface area contributed by atoms with E-state index in [1.54, 1.807) is 0 Å². The summed E-state index contributed by atoms with van der Waals surface area (Å²) in [6.45, 7) is 8.58. The minimum Gasteiger partial charge on any atom is -0.377 e. The van der Waals surface area contributed by atoms with Gasteiger partial charge in [0.15, 0.2) is 5.96 Å². The zero-order valence-corrected chi connectivity index (χ0v) is 16.5. The van der Waals surface area contributed by atoms with Crippen LogP contribution in [0.5, 0.6) is 0 Å². The number of nitrogens with one attached hydrogen (secondary N) is 2. The molecule has 0 aliphatic heterocycles. The molecule has 7 heteroatoms. The smallest absolute Gasteiger partial charge is 0.191 e. The number of nitrogens with zero attached hydrogens (tertiary/aromatic N) is 1. The van der Waals surface area contributed by atoms with Gasteiger partial charge in [-0.15, -0.1) is 0 Å². The normalized spacial score (nSPS) is 13.5. The summed E-state index contributed by atoms with van der Waals surface area (Å²) in [6.07, 6.45) is 1.81. The molecule has 0 fully saturated rings. The highest BCUT2D eigenvalue weighted by Crippen LogP contribution is 2.07. The number of sulfone groups is 1. The quantitative estimate of drug-likeness (QED) is 0.488. The van der Waals surface area contributed by atoms with Gasteiger partial charge < -0.3 is 15.4 Å². The van der Waals surface area contributed by atoms with Gasteiger partial charge in [-0.25, -0.2) is 13.4 Å². The van der Waals surface area contributed by atoms with Crippen molar-refractivity contribution in [2.75, 3.05) is 25.2 Å². The SMILES string of the molecule is CCNC(=NCc1ccc(COCC)cc1)NC(C)CCS(C)(=O)=O. The molecule has 1 aromatic rings. The van der Waals surface area contributed by atoms with Crippen molar-refractivity contribution in [1.29, 1.82) is 0 Å².